The molecule has 0 aromatic heterocycles. The molecule has 0 aliphatic heterocycles. The van der Waals surface area contributed by atoms with Gasteiger partial charge in [-0.25, -0.2) is 8.78 Å². The summed E-state index contributed by atoms with van der Waals surface area (Å²) in [5.41, 5.74) is 0.209. The van der Waals surface area contributed by atoms with Gasteiger partial charge in [-0.1, -0.05) is 19.8 Å². The van der Waals surface area contributed by atoms with Crippen LogP contribution >= 0.6 is 0 Å². The summed E-state index contributed by atoms with van der Waals surface area (Å²) in [6.45, 7) is 3.80. The molecule has 2 nitrogen and oxygen atoms in total. The number of ether oxygens (including phenoxy) is 1. The van der Waals surface area contributed by atoms with Gasteiger partial charge < -0.3 is 9.84 Å². The lowest BCUT2D eigenvalue weighted by Gasteiger charge is -2.11. The zero-order valence-electron chi connectivity index (χ0n) is 10.2. The van der Waals surface area contributed by atoms with Crippen molar-refractivity contribution >= 4 is 0 Å². The minimum atomic E-state index is -0.895. The molecule has 1 aromatic carbocycles. The summed E-state index contributed by atoms with van der Waals surface area (Å²) >= 11 is 0. The van der Waals surface area contributed by atoms with E-state index in [1.165, 1.54) is 6.92 Å². The molecule has 1 rings (SSSR count). The molecule has 0 heterocycles. The first-order chi connectivity index (χ1) is 8.06. The van der Waals surface area contributed by atoms with E-state index in [1.54, 1.807) is 0 Å². The zero-order valence-corrected chi connectivity index (χ0v) is 10.2. The van der Waals surface area contributed by atoms with E-state index in [2.05, 4.69) is 0 Å². The fraction of sp³-hybridized carbons (Fsp3) is 0.538. The van der Waals surface area contributed by atoms with Gasteiger partial charge in [-0.05, 0) is 31.0 Å². The molecule has 1 aromatic rings. The molecule has 0 radical (unpaired) electrons. The van der Waals surface area contributed by atoms with Gasteiger partial charge in [-0.15, -0.1) is 0 Å². The molecule has 0 spiro atoms. The van der Waals surface area contributed by atoms with Gasteiger partial charge in [0.2, 0.25) is 0 Å². The van der Waals surface area contributed by atoms with Gasteiger partial charge >= 0.3 is 0 Å². The fourth-order valence-corrected chi connectivity index (χ4v) is 1.48. The molecule has 0 saturated carbocycles. The molecule has 1 unspecified atom stereocenters. The lowest BCUT2D eigenvalue weighted by Crippen LogP contribution is -2.03. The van der Waals surface area contributed by atoms with E-state index in [1.807, 2.05) is 6.92 Å². The number of hydrogen-bond acceptors (Lipinski definition) is 2. The fourth-order valence-electron chi connectivity index (χ4n) is 1.48. The number of halogens is 2. The smallest absolute Gasteiger partial charge is 0.190 e. The minimum Gasteiger partial charge on any atom is -0.488 e. The van der Waals surface area contributed by atoms with Gasteiger partial charge in [0.05, 0.1) is 12.7 Å². The number of benzene rings is 1. The van der Waals surface area contributed by atoms with Crippen LogP contribution in [0.5, 0.6) is 5.75 Å². The Kier molecular flexibility index (Phi) is 5.35. The summed E-state index contributed by atoms with van der Waals surface area (Å²) in [5, 5.41) is 9.24. The molecule has 0 aliphatic carbocycles. The minimum absolute atomic E-state index is 0.209. The molecule has 17 heavy (non-hydrogen) atoms. The maximum atomic E-state index is 13.5. The molecular formula is C13H18F2O2. The van der Waals surface area contributed by atoms with Crippen LogP contribution in [0.4, 0.5) is 8.78 Å². The number of aliphatic hydroxyl groups excluding tert-OH is 1. The van der Waals surface area contributed by atoms with Crippen LogP contribution in [0.25, 0.3) is 0 Å². The number of aliphatic hydroxyl groups is 1. The van der Waals surface area contributed by atoms with E-state index < -0.39 is 17.7 Å². The van der Waals surface area contributed by atoms with Crippen molar-refractivity contribution in [2.24, 2.45) is 0 Å². The van der Waals surface area contributed by atoms with Crippen molar-refractivity contribution in [3.05, 3.63) is 29.3 Å². The second-order valence-electron chi connectivity index (χ2n) is 4.05. The van der Waals surface area contributed by atoms with Crippen molar-refractivity contribution in [1.29, 1.82) is 0 Å². The van der Waals surface area contributed by atoms with E-state index in [0.29, 0.717) is 6.61 Å². The Morgan fingerprint density at radius 3 is 2.29 bits per heavy atom. The number of rotatable bonds is 6. The van der Waals surface area contributed by atoms with E-state index in [9.17, 15) is 13.9 Å². The number of unbranched alkanes of at least 4 members (excludes halogenated alkanes) is 2. The van der Waals surface area contributed by atoms with E-state index in [0.717, 1.165) is 31.4 Å². The van der Waals surface area contributed by atoms with Crippen LogP contribution in [0.1, 0.15) is 44.8 Å². The van der Waals surface area contributed by atoms with Gasteiger partial charge in [-0.2, -0.15) is 0 Å². The van der Waals surface area contributed by atoms with Crippen LogP contribution in [-0.2, 0) is 0 Å². The highest BCUT2D eigenvalue weighted by molar-refractivity contribution is 5.32. The quantitative estimate of drug-likeness (QED) is 0.775. The molecule has 1 atom stereocenters. The van der Waals surface area contributed by atoms with Crippen molar-refractivity contribution in [2.75, 3.05) is 6.61 Å². The van der Waals surface area contributed by atoms with Gasteiger partial charge in [0, 0.05) is 0 Å². The molecule has 0 fully saturated rings. The lowest BCUT2D eigenvalue weighted by molar-refractivity contribution is 0.197. The maximum Gasteiger partial charge on any atom is 0.190 e. The van der Waals surface area contributed by atoms with Crippen molar-refractivity contribution in [3.63, 3.8) is 0 Å². The molecule has 1 N–H and O–H groups in total. The van der Waals surface area contributed by atoms with Crippen molar-refractivity contribution in [3.8, 4) is 5.75 Å². The van der Waals surface area contributed by atoms with Crippen LogP contribution in [0.15, 0.2) is 12.1 Å². The topological polar surface area (TPSA) is 29.5 Å². The molecule has 0 saturated heterocycles. The lowest BCUT2D eigenvalue weighted by atomic mass is 10.1. The van der Waals surface area contributed by atoms with Gasteiger partial charge in [0.25, 0.3) is 0 Å². The molecular weight excluding hydrogens is 226 g/mol. The van der Waals surface area contributed by atoms with Gasteiger partial charge in [-0.3, -0.25) is 0 Å². The Labute approximate surface area is 100 Å². The predicted octanol–water partition coefficient (Wildman–Crippen LogP) is 3.59. The average Bonchev–Trinajstić information content (AvgIpc) is 2.26. The first-order valence-electron chi connectivity index (χ1n) is 5.86. The Bertz CT molecular complexity index is 341. The van der Waals surface area contributed by atoms with Crippen LogP contribution in [0.3, 0.4) is 0 Å². The summed E-state index contributed by atoms with van der Waals surface area (Å²) in [6.07, 6.45) is 1.87. The average molecular weight is 244 g/mol. The monoisotopic (exact) mass is 244 g/mol. The summed E-state index contributed by atoms with van der Waals surface area (Å²) in [7, 11) is 0. The second kappa shape index (κ2) is 6.55. The van der Waals surface area contributed by atoms with E-state index in [-0.39, 0.29) is 11.3 Å². The Morgan fingerprint density at radius 2 is 1.82 bits per heavy atom. The molecule has 0 bridgehead atoms. The predicted molar refractivity (Wildman–Crippen MR) is 62.0 cm³/mol. The molecule has 0 amide bonds. The SMILES string of the molecule is CCCCCOc1c(F)cc(C(C)O)cc1F. The Hall–Kier alpha value is -1.16. The van der Waals surface area contributed by atoms with Crippen LogP contribution in [-0.4, -0.2) is 11.7 Å². The maximum absolute atomic E-state index is 13.5. The van der Waals surface area contributed by atoms with Crippen LogP contribution in [0.2, 0.25) is 0 Å². The van der Waals surface area contributed by atoms with Crippen molar-refractivity contribution in [1.82, 2.24) is 0 Å². The van der Waals surface area contributed by atoms with E-state index in [4.69, 9.17) is 4.74 Å². The highest BCUT2D eigenvalue weighted by atomic mass is 19.1. The van der Waals surface area contributed by atoms with Gasteiger partial charge in [0.15, 0.2) is 17.4 Å². The largest absolute Gasteiger partial charge is 0.488 e. The summed E-state index contributed by atoms with van der Waals surface area (Å²) < 4.78 is 32.1. The highest BCUT2D eigenvalue weighted by Gasteiger charge is 2.14. The molecule has 4 heteroatoms. The first-order valence-corrected chi connectivity index (χ1v) is 5.86. The highest BCUT2D eigenvalue weighted by Crippen LogP contribution is 2.26. The standard InChI is InChI=1S/C13H18F2O2/c1-3-4-5-6-17-13-11(14)7-10(9(2)16)8-12(13)15/h7-9,16H,3-6H2,1-2H3. The third kappa shape index (κ3) is 3.97. The van der Waals surface area contributed by atoms with Crippen LogP contribution < -0.4 is 4.74 Å². The molecule has 96 valence electrons. The second-order valence-corrected chi connectivity index (χ2v) is 4.05. The van der Waals surface area contributed by atoms with Crippen LogP contribution in [0, 0.1) is 11.6 Å². The summed E-state index contributed by atoms with van der Waals surface area (Å²) in [4.78, 5) is 0. The summed E-state index contributed by atoms with van der Waals surface area (Å²) in [6, 6.07) is 2.20. The number of hydrogen-bond donors (Lipinski definition) is 1. The first kappa shape index (κ1) is 13.9. The zero-order chi connectivity index (χ0) is 12.8. The normalized spacial score (nSPS) is 12.5. The van der Waals surface area contributed by atoms with Gasteiger partial charge in [0.1, 0.15) is 0 Å². The van der Waals surface area contributed by atoms with Crippen molar-refractivity contribution < 1.29 is 18.6 Å². The third-order valence-corrected chi connectivity index (χ3v) is 2.50. The summed E-state index contributed by atoms with van der Waals surface area (Å²) in [5.74, 6) is -1.89. The Morgan fingerprint density at radius 1 is 1.24 bits per heavy atom. The third-order valence-electron chi connectivity index (χ3n) is 2.50. The van der Waals surface area contributed by atoms with Crippen molar-refractivity contribution in [2.45, 2.75) is 39.2 Å². The van der Waals surface area contributed by atoms with E-state index >= 15 is 0 Å². The Balaban J connectivity index is 2.72. The molecule has 0 aliphatic rings.